The number of hydrogen-bond donors (Lipinski definition) is 1. The number of nitrogens with zero attached hydrogens (tertiary/aromatic N) is 2. The van der Waals surface area contributed by atoms with Crippen LogP contribution in [0.25, 0.3) is 0 Å². The lowest BCUT2D eigenvalue weighted by molar-refractivity contribution is -0.140. The normalized spacial score (nSPS) is 22.8. The van der Waals surface area contributed by atoms with Crippen LogP contribution in [0.4, 0.5) is 4.79 Å². The van der Waals surface area contributed by atoms with Crippen LogP contribution in [-0.4, -0.2) is 52.9 Å². The lowest BCUT2D eigenvalue weighted by atomic mass is 9.85. The van der Waals surface area contributed by atoms with Gasteiger partial charge in [-0.15, -0.1) is 0 Å². The summed E-state index contributed by atoms with van der Waals surface area (Å²) in [6.07, 6.45) is 13.2. The Morgan fingerprint density at radius 3 is 2.56 bits per heavy atom. The molecule has 0 unspecified atom stereocenters. The Morgan fingerprint density at radius 1 is 0.971 bits per heavy atom. The number of hydroxylamine groups is 2. The van der Waals surface area contributed by atoms with Gasteiger partial charge in [0.2, 0.25) is 5.91 Å². The Morgan fingerprint density at radius 2 is 1.76 bits per heavy atom. The van der Waals surface area contributed by atoms with Crippen molar-refractivity contribution in [1.29, 1.82) is 0 Å². The van der Waals surface area contributed by atoms with Crippen molar-refractivity contribution in [3.8, 4) is 0 Å². The number of carbonyl (C=O) groups is 3. The molecule has 7 heteroatoms. The highest BCUT2D eigenvalue weighted by atomic mass is 16.7. The summed E-state index contributed by atoms with van der Waals surface area (Å²) in [6, 6.07) is 8.90. The number of benzene rings is 1. The number of unbranched alkanes of at least 4 members (excludes halogenated alkanes) is 2. The Hall–Kier alpha value is -2.41. The number of carbonyl (C=O) groups excluding carboxylic acids is 3. The van der Waals surface area contributed by atoms with Crippen LogP contribution in [0.2, 0.25) is 0 Å². The van der Waals surface area contributed by atoms with Gasteiger partial charge in [-0.3, -0.25) is 14.4 Å². The molecule has 186 valence electrons. The van der Waals surface area contributed by atoms with E-state index in [4.69, 9.17) is 4.84 Å². The van der Waals surface area contributed by atoms with Gasteiger partial charge < -0.3 is 10.2 Å². The maximum atomic E-state index is 12.9. The third kappa shape index (κ3) is 6.59. The second kappa shape index (κ2) is 12.3. The molecule has 4 rings (SSSR count). The fourth-order valence-electron chi connectivity index (χ4n) is 5.59. The number of rotatable bonds is 12. The van der Waals surface area contributed by atoms with Crippen molar-refractivity contribution in [1.82, 2.24) is 15.3 Å². The standard InChI is InChI=1S/C27H39N3O4/c31-24(15-9-3-6-12-21-10-4-1-5-11-21)18-28-26(32)25-17-16-23-19-29(25)27(33)30(23)34-20-22-13-7-2-8-14-22/h2,7-8,13-14,21,23,25H,1,3-6,9-12,15-20H2,(H,28,32)/t23-,25+/m1/s1. The number of ketones is 1. The molecule has 1 aromatic carbocycles. The summed E-state index contributed by atoms with van der Waals surface area (Å²) in [7, 11) is 0. The number of hydrogen-bond acceptors (Lipinski definition) is 4. The minimum atomic E-state index is -0.530. The van der Waals surface area contributed by atoms with Gasteiger partial charge in [-0.2, -0.15) is 5.06 Å². The summed E-state index contributed by atoms with van der Waals surface area (Å²) in [6.45, 7) is 0.862. The quantitative estimate of drug-likeness (QED) is 0.454. The van der Waals surface area contributed by atoms with Gasteiger partial charge in [-0.25, -0.2) is 4.79 Å². The highest BCUT2D eigenvalue weighted by Gasteiger charge is 2.47. The maximum Gasteiger partial charge on any atom is 0.345 e. The molecule has 2 atom stereocenters. The van der Waals surface area contributed by atoms with Gasteiger partial charge in [0.25, 0.3) is 0 Å². The molecule has 3 aliphatic rings. The van der Waals surface area contributed by atoms with Crippen molar-refractivity contribution in [2.45, 2.75) is 95.7 Å². The third-order valence-electron chi connectivity index (χ3n) is 7.59. The van der Waals surface area contributed by atoms with Crippen LogP contribution in [0.5, 0.6) is 0 Å². The maximum absolute atomic E-state index is 12.9. The van der Waals surface area contributed by atoms with Crippen LogP contribution in [0.15, 0.2) is 30.3 Å². The number of nitrogens with one attached hydrogen (secondary N) is 1. The molecular formula is C27H39N3O4. The molecule has 7 nitrogen and oxygen atoms in total. The molecule has 0 radical (unpaired) electrons. The van der Waals surface area contributed by atoms with Gasteiger partial charge in [0.1, 0.15) is 12.6 Å². The highest BCUT2D eigenvalue weighted by Crippen LogP contribution is 2.31. The van der Waals surface area contributed by atoms with Crippen LogP contribution in [0, 0.1) is 5.92 Å². The Balaban J connectivity index is 1.13. The fraction of sp³-hybridized carbons (Fsp3) is 0.667. The number of amides is 3. The molecule has 2 bridgehead atoms. The molecule has 1 N–H and O–H groups in total. The van der Waals surface area contributed by atoms with Crippen LogP contribution in [0.3, 0.4) is 0 Å². The molecule has 0 aromatic heterocycles. The minimum Gasteiger partial charge on any atom is -0.347 e. The van der Waals surface area contributed by atoms with E-state index in [0.29, 0.717) is 32.4 Å². The molecule has 1 aromatic rings. The second-order valence-corrected chi connectivity index (χ2v) is 10.1. The molecule has 3 fully saturated rings. The first-order chi connectivity index (χ1) is 16.6. The number of piperidine rings is 1. The highest BCUT2D eigenvalue weighted by molar-refractivity contribution is 5.91. The van der Waals surface area contributed by atoms with E-state index in [1.165, 1.54) is 50.0 Å². The molecule has 3 amide bonds. The lowest BCUT2D eigenvalue weighted by Gasteiger charge is -2.29. The molecule has 1 saturated carbocycles. The summed E-state index contributed by atoms with van der Waals surface area (Å²) in [5.41, 5.74) is 0.994. The van der Waals surface area contributed by atoms with Gasteiger partial charge in [0.15, 0.2) is 5.78 Å². The largest absolute Gasteiger partial charge is 0.347 e. The molecule has 2 heterocycles. The van der Waals surface area contributed by atoms with Gasteiger partial charge in [-0.05, 0) is 30.7 Å². The first kappa shape index (κ1) is 24.7. The van der Waals surface area contributed by atoms with E-state index >= 15 is 0 Å². The molecule has 1 aliphatic carbocycles. The topological polar surface area (TPSA) is 79.0 Å². The first-order valence-electron chi connectivity index (χ1n) is 13.2. The van der Waals surface area contributed by atoms with Gasteiger partial charge in [0, 0.05) is 13.0 Å². The van der Waals surface area contributed by atoms with Crippen LogP contribution < -0.4 is 5.32 Å². The van der Waals surface area contributed by atoms with E-state index < -0.39 is 6.04 Å². The van der Waals surface area contributed by atoms with E-state index in [1.54, 1.807) is 4.90 Å². The predicted molar refractivity (Wildman–Crippen MR) is 130 cm³/mol. The van der Waals surface area contributed by atoms with Crippen LogP contribution >= 0.6 is 0 Å². The van der Waals surface area contributed by atoms with E-state index in [1.807, 2.05) is 30.3 Å². The zero-order valence-corrected chi connectivity index (χ0v) is 20.3. The predicted octanol–water partition coefficient (Wildman–Crippen LogP) is 4.60. The molecule has 2 saturated heterocycles. The van der Waals surface area contributed by atoms with Crippen molar-refractivity contribution < 1.29 is 19.2 Å². The lowest BCUT2D eigenvalue weighted by Crippen LogP contribution is -2.50. The number of fused-ring (bicyclic) bond motifs is 2. The summed E-state index contributed by atoms with van der Waals surface area (Å²) in [5.74, 6) is 0.731. The molecule has 2 aliphatic heterocycles. The van der Waals surface area contributed by atoms with E-state index in [9.17, 15) is 14.4 Å². The van der Waals surface area contributed by atoms with E-state index in [-0.39, 0.29) is 30.3 Å². The average Bonchev–Trinajstić information content (AvgIpc) is 3.11. The van der Waals surface area contributed by atoms with Crippen molar-refractivity contribution in [3.63, 3.8) is 0 Å². The SMILES string of the molecule is O=C(CCCCCC1CCCCC1)CNC(=O)[C@@H]1CC[C@@H]2CN1C(=O)N2OCc1ccccc1. The monoisotopic (exact) mass is 469 g/mol. The molecule has 34 heavy (non-hydrogen) atoms. The van der Waals surface area contributed by atoms with E-state index in [0.717, 1.165) is 24.3 Å². The average molecular weight is 470 g/mol. The Labute approximate surface area is 203 Å². The molecular weight excluding hydrogens is 430 g/mol. The summed E-state index contributed by atoms with van der Waals surface area (Å²) in [4.78, 5) is 45.3. The Bertz CT molecular complexity index is 824. The Kier molecular flexibility index (Phi) is 8.97. The van der Waals surface area contributed by atoms with Crippen molar-refractivity contribution in [2.24, 2.45) is 5.92 Å². The van der Waals surface area contributed by atoms with Crippen molar-refractivity contribution in [2.75, 3.05) is 13.1 Å². The third-order valence-corrected chi connectivity index (χ3v) is 7.59. The van der Waals surface area contributed by atoms with Crippen molar-refractivity contribution >= 4 is 17.7 Å². The molecule has 0 spiro atoms. The summed E-state index contributed by atoms with van der Waals surface area (Å²) < 4.78 is 0. The van der Waals surface area contributed by atoms with Crippen LogP contribution in [0.1, 0.15) is 82.6 Å². The zero-order chi connectivity index (χ0) is 23.8. The van der Waals surface area contributed by atoms with Crippen molar-refractivity contribution in [3.05, 3.63) is 35.9 Å². The fourth-order valence-corrected chi connectivity index (χ4v) is 5.59. The number of urea groups is 1. The van der Waals surface area contributed by atoms with Gasteiger partial charge >= 0.3 is 6.03 Å². The van der Waals surface area contributed by atoms with Gasteiger partial charge in [-0.1, -0.05) is 81.7 Å². The van der Waals surface area contributed by atoms with E-state index in [2.05, 4.69) is 5.32 Å². The summed E-state index contributed by atoms with van der Waals surface area (Å²) >= 11 is 0. The smallest absolute Gasteiger partial charge is 0.345 e. The zero-order valence-electron chi connectivity index (χ0n) is 20.3. The number of Topliss-reactive ketones (excluding diaryl/α,β-unsaturated/α-hetero) is 1. The summed E-state index contributed by atoms with van der Waals surface area (Å²) in [5, 5.41) is 4.21. The van der Waals surface area contributed by atoms with Crippen LogP contribution in [-0.2, 0) is 21.0 Å². The van der Waals surface area contributed by atoms with Gasteiger partial charge in [0.05, 0.1) is 12.6 Å². The first-order valence-corrected chi connectivity index (χ1v) is 13.2. The minimum absolute atomic E-state index is 0.0319. The second-order valence-electron chi connectivity index (χ2n) is 10.1.